The van der Waals surface area contributed by atoms with Gasteiger partial charge >= 0.3 is 0 Å². The van der Waals surface area contributed by atoms with Crippen LogP contribution in [0.2, 0.25) is 0 Å². The first-order valence-corrected chi connectivity index (χ1v) is 6.75. The number of sulfone groups is 1. The first-order valence-electron chi connectivity index (χ1n) is 3.70. The molecule has 1 radical (unpaired) electrons. The molecule has 1 aromatic carbocycles. The summed E-state index contributed by atoms with van der Waals surface area (Å²) in [5.41, 5.74) is 0.824. The summed E-state index contributed by atoms with van der Waals surface area (Å²) in [6.45, 7) is 0. The molecule has 0 bridgehead atoms. The Labute approximate surface area is 83.3 Å². The average Bonchev–Trinajstić information content (AvgIpc) is 2.02. The molecule has 0 fully saturated rings. The highest BCUT2D eigenvalue weighted by Crippen LogP contribution is 2.21. The molecule has 0 atom stereocenters. The first kappa shape index (κ1) is 10.6. The Bertz CT molecular complexity index is 382. The molecule has 0 aliphatic heterocycles. The van der Waals surface area contributed by atoms with Gasteiger partial charge < -0.3 is 0 Å². The average molecular weight is 215 g/mol. The van der Waals surface area contributed by atoms with Crippen LogP contribution in [0.4, 0.5) is 0 Å². The Morgan fingerprint density at radius 1 is 1.38 bits per heavy atom. The predicted molar refractivity (Wildman–Crippen MR) is 56.2 cm³/mol. The monoisotopic (exact) mass is 215 g/mol. The number of thioether (sulfide) groups is 1. The van der Waals surface area contributed by atoms with Gasteiger partial charge in [-0.15, -0.1) is 11.8 Å². The van der Waals surface area contributed by atoms with Gasteiger partial charge in [-0.2, -0.15) is 0 Å². The van der Waals surface area contributed by atoms with Crippen molar-refractivity contribution in [1.82, 2.24) is 0 Å². The fraction of sp³-hybridized carbons (Fsp3) is 0.222. The largest absolute Gasteiger partial charge is 0.228 e. The number of benzene rings is 1. The summed E-state index contributed by atoms with van der Waals surface area (Å²) >= 11 is 1.54. The smallest absolute Gasteiger partial charge is 0.155 e. The molecule has 1 aromatic rings. The molecule has 0 amide bonds. The van der Waals surface area contributed by atoms with Crippen LogP contribution in [0, 0.1) is 6.26 Å². The fourth-order valence-corrected chi connectivity index (χ4v) is 2.49. The number of hydrogen-bond acceptors (Lipinski definition) is 3. The first-order chi connectivity index (χ1) is 6.03. The van der Waals surface area contributed by atoms with Crippen molar-refractivity contribution >= 4 is 21.6 Å². The molecule has 0 N–H and O–H groups in total. The lowest BCUT2D eigenvalue weighted by Crippen LogP contribution is -1.99. The highest BCUT2D eigenvalue weighted by Gasteiger charge is 2.07. The minimum absolute atomic E-state index is 0.0179. The van der Waals surface area contributed by atoms with Crippen LogP contribution in [-0.2, 0) is 15.6 Å². The minimum Gasteiger partial charge on any atom is -0.228 e. The molecule has 4 heteroatoms. The van der Waals surface area contributed by atoms with Crippen molar-refractivity contribution in [3.63, 3.8) is 0 Å². The van der Waals surface area contributed by atoms with E-state index in [1.807, 2.05) is 30.5 Å². The van der Waals surface area contributed by atoms with Crippen molar-refractivity contribution < 1.29 is 8.42 Å². The number of hydrogen-bond donors (Lipinski definition) is 0. The molecular weight excluding hydrogens is 204 g/mol. The summed E-state index contributed by atoms with van der Waals surface area (Å²) in [4.78, 5) is 0.995. The topological polar surface area (TPSA) is 34.1 Å². The van der Waals surface area contributed by atoms with Gasteiger partial charge in [0, 0.05) is 4.90 Å². The lowest BCUT2D eigenvalue weighted by molar-refractivity contribution is 0.603. The molecule has 0 saturated carbocycles. The van der Waals surface area contributed by atoms with Crippen LogP contribution in [0.5, 0.6) is 0 Å². The molecule has 0 saturated heterocycles. The molecule has 0 aliphatic rings. The van der Waals surface area contributed by atoms with Gasteiger partial charge in [0.1, 0.15) is 0 Å². The zero-order valence-corrected chi connectivity index (χ0v) is 8.99. The van der Waals surface area contributed by atoms with Crippen molar-refractivity contribution in [2.24, 2.45) is 0 Å². The third-order valence-electron chi connectivity index (χ3n) is 1.57. The highest BCUT2D eigenvalue weighted by atomic mass is 32.2. The Morgan fingerprint density at radius 3 is 2.54 bits per heavy atom. The second-order valence-corrected chi connectivity index (χ2v) is 5.32. The van der Waals surface area contributed by atoms with Crippen molar-refractivity contribution in [3.05, 3.63) is 36.1 Å². The zero-order valence-electron chi connectivity index (χ0n) is 7.36. The second-order valence-electron chi connectivity index (χ2n) is 2.70. The molecule has 71 valence electrons. The van der Waals surface area contributed by atoms with Gasteiger partial charge in [0.15, 0.2) is 9.84 Å². The third-order valence-corrected chi connectivity index (χ3v) is 3.16. The van der Waals surface area contributed by atoms with Gasteiger partial charge in [-0.25, -0.2) is 8.42 Å². The molecule has 0 aliphatic carbocycles. The summed E-state index contributed by atoms with van der Waals surface area (Å²) in [7, 11) is -3.17. The predicted octanol–water partition coefficient (Wildman–Crippen LogP) is 2.11. The second kappa shape index (κ2) is 4.15. The van der Waals surface area contributed by atoms with E-state index in [0.717, 1.165) is 10.5 Å². The van der Waals surface area contributed by atoms with Crippen LogP contribution in [-0.4, -0.2) is 14.7 Å². The van der Waals surface area contributed by atoms with Crippen LogP contribution in [0.25, 0.3) is 0 Å². The molecule has 0 aromatic heterocycles. The van der Waals surface area contributed by atoms with E-state index in [0.29, 0.717) is 0 Å². The van der Waals surface area contributed by atoms with Gasteiger partial charge in [0.05, 0.1) is 12.0 Å². The van der Waals surface area contributed by atoms with Gasteiger partial charge in [-0.05, 0) is 17.9 Å². The summed E-state index contributed by atoms with van der Waals surface area (Å²) in [6.07, 6.45) is 5.03. The van der Waals surface area contributed by atoms with Crippen LogP contribution in [0.1, 0.15) is 5.56 Å². The van der Waals surface area contributed by atoms with Gasteiger partial charge in [0.2, 0.25) is 0 Å². The van der Waals surface area contributed by atoms with Crippen molar-refractivity contribution in [2.45, 2.75) is 10.6 Å². The van der Waals surface area contributed by atoms with E-state index in [4.69, 9.17) is 0 Å². The molecular formula is C9H11O2S2. The Balaban J connectivity index is 3.01. The molecule has 0 unspecified atom stereocenters. The normalized spacial score (nSPS) is 11.5. The van der Waals surface area contributed by atoms with Gasteiger partial charge in [-0.1, -0.05) is 18.2 Å². The van der Waals surface area contributed by atoms with Crippen LogP contribution >= 0.6 is 11.8 Å². The van der Waals surface area contributed by atoms with E-state index in [2.05, 4.69) is 6.26 Å². The third kappa shape index (κ3) is 3.40. The lowest BCUT2D eigenvalue weighted by atomic mass is 10.2. The maximum absolute atomic E-state index is 10.9. The maximum atomic E-state index is 10.9. The molecule has 0 spiro atoms. The van der Waals surface area contributed by atoms with Crippen molar-refractivity contribution in [3.8, 4) is 0 Å². The summed E-state index contributed by atoms with van der Waals surface area (Å²) in [6, 6.07) is 7.45. The Morgan fingerprint density at radius 2 is 2.00 bits per heavy atom. The van der Waals surface area contributed by atoms with E-state index in [9.17, 15) is 8.42 Å². The molecule has 0 heterocycles. The van der Waals surface area contributed by atoms with E-state index in [-0.39, 0.29) is 5.75 Å². The van der Waals surface area contributed by atoms with Crippen LogP contribution in [0.3, 0.4) is 0 Å². The summed E-state index contributed by atoms with van der Waals surface area (Å²) < 4.78 is 21.9. The highest BCUT2D eigenvalue weighted by molar-refractivity contribution is 7.98. The van der Waals surface area contributed by atoms with Gasteiger partial charge in [-0.3, -0.25) is 0 Å². The number of rotatable bonds is 3. The van der Waals surface area contributed by atoms with E-state index >= 15 is 0 Å². The van der Waals surface area contributed by atoms with E-state index in [1.54, 1.807) is 11.8 Å². The lowest BCUT2D eigenvalue weighted by Gasteiger charge is -2.04. The molecule has 1 rings (SSSR count). The van der Waals surface area contributed by atoms with E-state index < -0.39 is 9.84 Å². The SMILES string of the molecule is [CH2]S(=O)(=O)Cc1ccccc1SC. The van der Waals surface area contributed by atoms with Crippen molar-refractivity contribution in [1.29, 1.82) is 0 Å². The fourth-order valence-electron chi connectivity index (χ4n) is 1.06. The summed E-state index contributed by atoms with van der Waals surface area (Å²) in [5.74, 6) is 0.0179. The van der Waals surface area contributed by atoms with Crippen LogP contribution in [0.15, 0.2) is 29.2 Å². The van der Waals surface area contributed by atoms with Gasteiger partial charge in [0.25, 0.3) is 0 Å². The minimum atomic E-state index is -3.17. The molecule has 2 nitrogen and oxygen atoms in total. The molecule has 13 heavy (non-hydrogen) atoms. The maximum Gasteiger partial charge on any atom is 0.155 e. The Hall–Kier alpha value is -0.480. The van der Waals surface area contributed by atoms with Crippen molar-refractivity contribution in [2.75, 3.05) is 6.26 Å². The Kier molecular flexibility index (Phi) is 3.39. The standard InChI is InChI=1S/C9H11O2S2/c1-12-9-6-4-3-5-8(9)7-13(2,10)11/h3-6H,2,7H2,1H3. The van der Waals surface area contributed by atoms with Crippen LogP contribution < -0.4 is 0 Å². The quantitative estimate of drug-likeness (QED) is 0.724. The summed E-state index contributed by atoms with van der Waals surface area (Å²) in [5, 5.41) is 0. The zero-order chi connectivity index (χ0) is 9.90. The van der Waals surface area contributed by atoms with E-state index in [1.165, 1.54) is 0 Å².